The predicted molar refractivity (Wildman–Crippen MR) is 364 cm³/mol. The first-order chi connectivity index (χ1) is 41.2. The van der Waals surface area contributed by atoms with E-state index in [0.717, 1.165) is 62.5 Å². The van der Waals surface area contributed by atoms with Crippen molar-refractivity contribution in [2.75, 3.05) is 13.3 Å². The minimum Gasteiger partial charge on any atom is -0.331 e. The molecular formula is C73H83N10OPSi. The van der Waals surface area contributed by atoms with E-state index in [2.05, 4.69) is 200 Å². The van der Waals surface area contributed by atoms with Crippen LogP contribution in [-0.4, -0.2) is 69.5 Å². The summed E-state index contributed by atoms with van der Waals surface area (Å²) in [6.45, 7) is 26.9. The quantitative estimate of drug-likeness (QED) is 0.120. The zero-order valence-electron chi connectivity index (χ0n) is 52.5. The fourth-order valence-corrected chi connectivity index (χ4v) is 12.8. The van der Waals surface area contributed by atoms with Gasteiger partial charge in [-0.25, -0.2) is 19.9 Å². The largest absolute Gasteiger partial charge is 0.331 e. The van der Waals surface area contributed by atoms with E-state index in [1.807, 2.05) is 173 Å². The molecule has 0 fully saturated rings. The van der Waals surface area contributed by atoms with E-state index in [4.69, 9.17) is 0 Å². The zero-order chi connectivity index (χ0) is 61.9. The summed E-state index contributed by atoms with van der Waals surface area (Å²) in [5.41, 5.74) is 11.8. The summed E-state index contributed by atoms with van der Waals surface area (Å²) in [5.74, 6) is 3.68. The molecule has 0 aliphatic rings. The highest BCUT2D eigenvalue weighted by Gasteiger charge is 2.25. The van der Waals surface area contributed by atoms with Crippen LogP contribution in [-0.2, 0) is 17.0 Å². The van der Waals surface area contributed by atoms with Gasteiger partial charge in [0.2, 0.25) is 5.78 Å². The normalized spacial score (nSPS) is 11.0. The molecule has 0 saturated heterocycles. The van der Waals surface area contributed by atoms with Crippen LogP contribution in [0.4, 0.5) is 0 Å². The number of pyridine rings is 1. The fourth-order valence-electron chi connectivity index (χ4n) is 9.57. The lowest BCUT2D eigenvalue weighted by atomic mass is 9.78. The average Bonchev–Trinajstić information content (AvgIpc) is 3.55. The second kappa shape index (κ2) is 30.1. The molecule has 0 N–H and O–H groups in total. The highest BCUT2D eigenvalue weighted by atomic mass is 31.2. The number of para-hydroxylation sites is 3. The van der Waals surface area contributed by atoms with Crippen LogP contribution in [0.25, 0.3) is 28.1 Å². The molecule has 13 heteroatoms. The summed E-state index contributed by atoms with van der Waals surface area (Å²) in [6, 6.07) is 78.7. The van der Waals surface area contributed by atoms with E-state index in [-0.39, 0.29) is 5.41 Å². The van der Waals surface area contributed by atoms with Gasteiger partial charge in [-0.05, 0) is 115 Å². The van der Waals surface area contributed by atoms with Crippen molar-refractivity contribution in [2.45, 2.75) is 80.8 Å². The SMILES string of the molecule is CC(C)(c1ccccc1)c1ccccc1.CP(C)(=O)c1ccccc1.C[Si](C)(c1ccccc1)c1ccccc1.Cc1nc2ccccc2n1C.Cc1nc2ccccn2c1C.Cc1nc2ncccn2c1C.Cc1nnc(C)n1-c1ccccc1. The Morgan fingerprint density at radius 2 is 0.884 bits per heavy atom. The maximum atomic E-state index is 11.4. The van der Waals surface area contributed by atoms with Crippen molar-refractivity contribution in [3.05, 3.63) is 300 Å². The summed E-state index contributed by atoms with van der Waals surface area (Å²) in [4.78, 5) is 17.1. The average molecular weight is 1180 g/mol. The first kappa shape index (κ1) is 64.5. The maximum absolute atomic E-state index is 11.4. The van der Waals surface area contributed by atoms with Crippen LogP contribution in [0.2, 0.25) is 13.1 Å². The minimum absolute atomic E-state index is 0.0858. The number of aromatic nitrogens is 10. The number of nitrogens with zero attached hydrogens (tertiary/aromatic N) is 10. The molecule has 0 bridgehead atoms. The lowest BCUT2D eigenvalue weighted by Gasteiger charge is -2.25. The first-order valence-electron chi connectivity index (χ1n) is 29.0. The van der Waals surface area contributed by atoms with Crippen LogP contribution >= 0.6 is 7.14 Å². The predicted octanol–water partition coefficient (Wildman–Crippen LogP) is 15.5. The van der Waals surface area contributed by atoms with E-state index in [9.17, 15) is 4.57 Å². The van der Waals surface area contributed by atoms with Gasteiger partial charge < -0.3 is 13.5 Å². The van der Waals surface area contributed by atoms with Gasteiger partial charge in [0.15, 0.2) is 0 Å². The van der Waals surface area contributed by atoms with E-state index >= 15 is 0 Å². The highest BCUT2D eigenvalue weighted by Crippen LogP contribution is 2.34. The van der Waals surface area contributed by atoms with Gasteiger partial charge in [-0.2, -0.15) is 0 Å². The van der Waals surface area contributed by atoms with Crippen molar-refractivity contribution in [1.29, 1.82) is 0 Å². The molecule has 86 heavy (non-hydrogen) atoms. The van der Waals surface area contributed by atoms with Gasteiger partial charge in [0.05, 0.1) is 22.4 Å². The van der Waals surface area contributed by atoms with Crippen molar-refractivity contribution in [3.63, 3.8) is 0 Å². The number of hydrogen-bond donors (Lipinski definition) is 0. The van der Waals surface area contributed by atoms with Gasteiger partial charge in [0, 0.05) is 53.4 Å². The summed E-state index contributed by atoms with van der Waals surface area (Å²) in [6.07, 6.45) is 5.75. The summed E-state index contributed by atoms with van der Waals surface area (Å²) >= 11 is 0. The summed E-state index contributed by atoms with van der Waals surface area (Å²) < 4.78 is 19.6. The van der Waals surface area contributed by atoms with E-state index in [0.29, 0.717) is 0 Å². The maximum Gasteiger partial charge on any atom is 0.234 e. The Balaban J connectivity index is 0.000000144. The molecule has 6 aromatic heterocycles. The first-order valence-corrected chi connectivity index (χ1v) is 34.6. The molecule has 0 saturated carbocycles. The van der Waals surface area contributed by atoms with E-state index < -0.39 is 15.2 Å². The number of fused-ring (bicyclic) bond motifs is 3. The lowest BCUT2D eigenvalue weighted by molar-refractivity contribution is 0.588. The van der Waals surface area contributed by atoms with E-state index in [1.54, 1.807) is 19.5 Å². The topological polar surface area (TPSA) is 113 Å². The van der Waals surface area contributed by atoms with Crippen molar-refractivity contribution in [2.24, 2.45) is 7.05 Å². The molecule has 11 nitrogen and oxygen atoms in total. The van der Waals surface area contributed by atoms with Crippen molar-refractivity contribution < 1.29 is 4.57 Å². The van der Waals surface area contributed by atoms with Crippen LogP contribution in [0.15, 0.2) is 249 Å². The monoisotopic (exact) mass is 1170 g/mol. The molecule has 0 radical (unpaired) electrons. The van der Waals surface area contributed by atoms with Crippen LogP contribution in [0.1, 0.15) is 65.2 Å². The number of hydrogen-bond acceptors (Lipinski definition) is 7. The Bertz CT molecular complexity index is 3820. The zero-order valence-corrected chi connectivity index (χ0v) is 54.4. The van der Waals surface area contributed by atoms with Gasteiger partial charge in [-0.1, -0.05) is 225 Å². The van der Waals surface area contributed by atoms with Crippen LogP contribution in [0.5, 0.6) is 0 Å². The molecule has 0 atom stereocenters. The standard InChI is InChI=1S/C15H16.C14H16Si.C10H11N3.2C9H10N2.C8H9N3.C8H11OP/c2*1-15(2,13-9-5-3-6-10-13)14-11-7-4-8-12-14;1-8-11-12-9(2)13(8)10-6-4-3-5-7-10;1-7-10-8-5-3-4-6-9(8)11(7)2;1-7-8(2)11-6-4-3-5-9(11)10-7;1-6-7(2)11-5-3-4-9-8(11)10-6;1-10(2,9)8-6-4-3-5-7-8/h2*3-12H,1-2H3;3-7H,1-2H3;2*3-6H,1-2H3;3-5H,1-2H3;3-7H,1-2H3. The Hall–Kier alpha value is -9.09. The molecule has 0 unspecified atom stereocenters. The van der Waals surface area contributed by atoms with Gasteiger partial charge in [-0.15, -0.1) is 10.2 Å². The number of imidazole rings is 3. The van der Waals surface area contributed by atoms with Crippen molar-refractivity contribution >= 4 is 53.4 Å². The Morgan fingerprint density at radius 3 is 1.36 bits per heavy atom. The molecule has 0 amide bonds. The Kier molecular flexibility index (Phi) is 22.6. The number of aryl methyl sites for hydroxylation is 8. The molecule has 0 aliphatic heterocycles. The summed E-state index contributed by atoms with van der Waals surface area (Å²) in [5, 5.41) is 12.0. The van der Waals surface area contributed by atoms with Gasteiger partial charge >= 0.3 is 0 Å². The van der Waals surface area contributed by atoms with Gasteiger partial charge in [-0.3, -0.25) is 8.97 Å². The second-order valence-corrected chi connectivity index (χ2v) is 30.0. The van der Waals surface area contributed by atoms with Crippen molar-refractivity contribution in [1.82, 2.24) is 48.1 Å². The van der Waals surface area contributed by atoms with Crippen LogP contribution in [0.3, 0.4) is 0 Å². The second-order valence-electron chi connectivity index (χ2n) is 22.4. The van der Waals surface area contributed by atoms with Gasteiger partial charge in [0.1, 0.15) is 38.3 Å². The third-order valence-electron chi connectivity index (χ3n) is 15.3. The Morgan fingerprint density at radius 1 is 0.453 bits per heavy atom. The highest BCUT2D eigenvalue weighted by molar-refractivity contribution is 7.70. The van der Waals surface area contributed by atoms with Crippen LogP contribution in [0, 0.1) is 48.5 Å². The fraction of sp³-hybridized carbons (Fsp3) is 0.205. The summed E-state index contributed by atoms with van der Waals surface area (Å²) in [7, 11) is -1.44. The Labute approximate surface area is 510 Å². The molecule has 440 valence electrons. The molecule has 6 heterocycles. The number of benzene rings is 7. The smallest absolute Gasteiger partial charge is 0.234 e. The third-order valence-corrected chi connectivity index (χ3v) is 20.4. The molecular weight excluding hydrogens is 1090 g/mol. The number of rotatable bonds is 6. The molecule has 0 spiro atoms. The molecule has 7 aromatic carbocycles. The third kappa shape index (κ3) is 17.1. The lowest BCUT2D eigenvalue weighted by Crippen LogP contribution is -2.52. The molecule has 0 aliphatic carbocycles. The van der Waals surface area contributed by atoms with E-state index in [1.165, 1.54) is 32.7 Å². The van der Waals surface area contributed by atoms with Crippen LogP contribution < -0.4 is 15.7 Å². The minimum atomic E-state index is -2.02. The van der Waals surface area contributed by atoms with Crippen molar-refractivity contribution in [3.8, 4) is 5.69 Å². The van der Waals surface area contributed by atoms with Gasteiger partial charge in [0.25, 0.3) is 0 Å². The molecule has 13 rings (SSSR count). The molecule has 13 aromatic rings.